The molecule has 2 unspecified atom stereocenters. The molecule has 3 nitrogen and oxygen atoms in total. The van der Waals surface area contributed by atoms with E-state index in [1.54, 1.807) is 0 Å². The lowest BCUT2D eigenvalue weighted by molar-refractivity contribution is -0.0897. The molecule has 0 aromatic heterocycles. The summed E-state index contributed by atoms with van der Waals surface area (Å²) in [5.74, 6) is 0.942. The highest BCUT2D eigenvalue weighted by Crippen LogP contribution is 2.37. The van der Waals surface area contributed by atoms with Crippen molar-refractivity contribution in [3.63, 3.8) is 0 Å². The molecule has 21 heavy (non-hydrogen) atoms. The average molecular weight is 291 g/mol. The molecule has 118 valence electrons. The molecule has 1 aliphatic heterocycles. The Morgan fingerprint density at radius 2 is 2.19 bits per heavy atom. The number of rotatable bonds is 7. The van der Waals surface area contributed by atoms with Gasteiger partial charge in [0.25, 0.3) is 0 Å². The van der Waals surface area contributed by atoms with Crippen molar-refractivity contribution in [2.75, 3.05) is 19.8 Å². The first-order chi connectivity index (χ1) is 10.2. The molecular formula is C18H29NO2. The number of nitrogens with one attached hydrogen (secondary N) is 1. The Morgan fingerprint density at radius 1 is 1.33 bits per heavy atom. The molecule has 1 aromatic carbocycles. The predicted molar refractivity (Wildman–Crippen MR) is 86.9 cm³/mol. The van der Waals surface area contributed by atoms with Gasteiger partial charge in [0.15, 0.2) is 0 Å². The van der Waals surface area contributed by atoms with Gasteiger partial charge in [-0.3, -0.25) is 0 Å². The van der Waals surface area contributed by atoms with Gasteiger partial charge in [0.1, 0.15) is 5.75 Å². The van der Waals surface area contributed by atoms with Gasteiger partial charge in [0.2, 0.25) is 0 Å². The minimum atomic E-state index is -0.127. The molecule has 1 fully saturated rings. The Hall–Kier alpha value is -1.06. The van der Waals surface area contributed by atoms with E-state index in [1.807, 2.05) is 13.0 Å². The van der Waals surface area contributed by atoms with Crippen molar-refractivity contribution in [2.45, 2.75) is 58.1 Å². The second kappa shape index (κ2) is 7.81. The van der Waals surface area contributed by atoms with Gasteiger partial charge in [0.05, 0.1) is 18.2 Å². The van der Waals surface area contributed by atoms with E-state index in [0.29, 0.717) is 6.61 Å². The highest BCUT2D eigenvalue weighted by atomic mass is 16.5. The monoisotopic (exact) mass is 291 g/mol. The van der Waals surface area contributed by atoms with Gasteiger partial charge in [-0.2, -0.15) is 0 Å². The van der Waals surface area contributed by atoms with E-state index in [1.165, 1.54) is 18.4 Å². The van der Waals surface area contributed by atoms with Crippen LogP contribution in [-0.2, 0) is 4.74 Å². The van der Waals surface area contributed by atoms with Crippen LogP contribution in [-0.4, -0.2) is 25.4 Å². The smallest absolute Gasteiger partial charge is 0.119 e. The van der Waals surface area contributed by atoms with Gasteiger partial charge in [-0.05, 0) is 63.8 Å². The maximum Gasteiger partial charge on any atom is 0.119 e. The second-order valence-corrected chi connectivity index (χ2v) is 6.01. The zero-order valence-electron chi connectivity index (χ0n) is 13.7. The van der Waals surface area contributed by atoms with E-state index < -0.39 is 0 Å². The first-order valence-corrected chi connectivity index (χ1v) is 8.29. The lowest BCUT2D eigenvalue weighted by Crippen LogP contribution is -2.46. The Bertz CT molecular complexity index is 427. The van der Waals surface area contributed by atoms with Crippen molar-refractivity contribution in [2.24, 2.45) is 0 Å². The molecule has 1 heterocycles. The van der Waals surface area contributed by atoms with Gasteiger partial charge in [0, 0.05) is 6.61 Å². The standard InChI is InChI=1S/C18H29NO2/c1-4-12-19-17(18(3)11-6-7-13-21-18)15-9-8-10-16(14-15)20-5-2/h8-10,14,17,19H,4-7,11-13H2,1-3H3. The predicted octanol–water partition coefficient (Wildman–Crippen LogP) is 4.09. The molecule has 0 aliphatic carbocycles. The minimum absolute atomic E-state index is 0.127. The molecule has 1 N–H and O–H groups in total. The van der Waals surface area contributed by atoms with Crippen LogP contribution in [0.2, 0.25) is 0 Å². The Morgan fingerprint density at radius 3 is 2.86 bits per heavy atom. The Balaban J connectivity index is 2.23. The summed E-state index contributed by atoms with van der Waals surface area (Å²) in [7, 11) is 0. The summed E-state index contributed by atoms with van der Waals surface area (Å²) in [6.07, 6.45) is 4.64. The van der Waals surface area contributed by atoms with Crippen LogP contribution in [0.1, 0.15) is 58.1 Å². The second-order valence-electron chi connectivity index (χ2n) is 6.01. The fraction of sp³-hybridized carbons (Fsp3) is 0.667. The summed E-state index contributed by atoms with van der Waals surface area (Å²) in [6.45, 7) is 9.03. The summed E-state index contributed by atoms with van der Waals surface area (Å²) in [5.41, 5.74) is 1.14. The van der Waals surface area contributed by atoms with Crippen LogP contribution in [0.4, 0.5) is 0 Å². The first kappa shape index (κ1) is 16.3. The topological polar surface area (TPSA) is 30.5 Å². The lowest BCUT2D eigenvalue weighted by atomic mass is 9.84. The van der Waals surface area contributed by atoms with Crippen LogP contribution in [0.5, 0.6) is 5.75 Å². The van der Waals surface area contributed by atoms with Crippen LogP contribution in [0.25, 0.3) is 0 Å². The molecule has 0 radical (unpaired) electrons. The molecule has 2 atom stereocenters. The lowest BCUT2D eigenvalue weighted by Gasteiger charge is -2.41. The van der Waals surface area contributed by atoms with E-state index in [0.717, 1.165) is 31.7 Å². The molecule has 1 aromatic rings. The fourth-order valence-electron chi connectivity index (χ4n) is 3.11. The maximum absolute atomic E-state index is 6.18. The van der Waals surface area contributed by atoms with Crippen molar-refractivity contribution < 1.29 is 9.47 Å². The first-order valence-electron chi connectivity index (χ1n) is 8.29. The molecule has 1 saturated heterocycles. The number of hydrogen-bond donors (Lipinski definition) is 1. The van der Waals surface area contributed by atoms with E-state index in [4.69, 9.17) is 9.47 Å². The van der Waals surface area contributed by atoms with Crippen LogP contribution in [0, 0.1) is 0 Å². The fourth-order valence-corrected chi connectivity index (χ4v) is 3.11. The summed E-state index contributed by atoms with van der Waals surface area (Å²) in [5, 5.41) is 3.68. The average Bonchev–Trinajstić information content (AvgIpc) is 2.49. The SMILES string of the molecule is CCCNC(c1cccc(OCC)c1)C1(C)CCCCO1. The maximum atomic E-state index is 6.18. The van der Waals surface area contributed by atoms with Gasteiger partial charge in [-0.15, -0.1) is 0 Å². The third kappa shape index (κ3) is 4.21. The summed E-state index contributed by atoms with van der Waals surface area (Å²) < 4.78 is 11.8. The number of ether oxygens (including phenoxy) is 2. The summed E-state index contributed by atoms with van der Waals surface area (Å²) >= 11 is 0. The van der Waals surface area contributed by atoms with Crippen LogP contribution in [0.3, 0.4) is 0 Å². The van der Waals surface area contributed by atoms with Crippen LogP contribution >= 0.6 is 0 Å². The third-order valence-corrected chi connectivity index (χ3v) is 4.21. The third-order valence-electron chi connectivity index (χ3n) is 4.21. The molecule has 0 spiro atoms. The van der Waals surface area contributed by atoms with E-state index in [-0.39, 0.29) is 11.6 Å². The Kier molecular flexibility index (Phi) is 6.07. The molecule has 0 bridgehead atoms. The van der Waals surface area contributed by atoms with Crippen molar-refractivity contribution in [1.82, 2.24) is 5.32 Å². The van der Waals surface area contributed by atoms with Crippen molar-refractivity contribution in [3.05, 3.63) is 29.8 Å². The minimum Gasteiger partial charge on any atom is -0.494 e. The van der Waals surface area contributed by atoms with Gasteiger partial charge < -0.3 is 14.8 Å². The molecule has 0 amide bonds. The zero-order chi connectivity index (χ0) is 15.1. The molecule has 0 saturated carbocycles. The van der Waals surface area contributed by atoms with E-state index in [9.17, 15) is 0 Å². The highest BCUT2D eigenvalue weighted by molar-refractivity contribution is 5.32. The largest absolute Gasteiger partial charge is 0.494 e. The number of benzene rings is 1. The molecule has 2 rings (SSSR count). The molecule has 1 aliphatic rings. The summed E-state index contributed by atoms with van der Waals surface area (Å²) in [4.78, 5) is 0. The Labute approximate surface area is 129 Å². The van der Waals surface area contributed by atoms with Crippen molar-refractivity contribution in [3.8, 4) is 5.75 Å². The number of hydrogen-bond acceptors (Lipinski definition) is 3. The van der Waals surface area contributed by atoms with Crippen LogP contribution in [0.15, 0.2) is 24.3 Å². The van der Waals surface area contributed by atoms with Gasteiger partial charge in [-0.1, -0.05) is 19.1 Å². The van der Waals surface area contributed by atoms with Crippen LogP contribution < -0.4 is 10.1 Å². The zero-order valence-corrected chi connectivity index (χ0v) is 13.7. The summed E-state index contributed by atoms with van der Waals surface area (Å²) in [6, 6.07) is 8.65. The van der Waals surface area contributed by atoms with E-state index >= 15 is 0 Å². The molecular weight excluding hydrogens is 262 g/mol. The quantitative estimate of drug-likeness (QED) is 0.821. The van der Waals surface area contributed by atoms with Gasteiger partial charge in [-0.25, -0.2) is 0 Å². The molecule has 3 heteroatoms. The van der Waals surface area contributed by atoms with Gasteiger partial charge >= 0.3 is 0 Å². The van der Waals surface area contributed by atoms with Crippen molar-refractivity contribution in [1.29, 1.82) is 0 Å². The van der Waals surface area contributed by atoms with Crippen molar-refractivity contribution >= 4 is 0 Å². The van der Waals surface area contributed by atoms with E-state index in [2.05, 4.69) is 37.4 Å². The highest BCUT2D eigenvalue weighted by Gasteiger charge is 2.37. The normalized spacial score (nSPS) is 23.8.